The second-order valence-electron chi connectivity index (χ2n) is 12.2. The smallest absolute Gasteiger partial charge is 0.245 e. The van der Waals surface area contributed by atoms with Crippen molar-refractivity contribution in [2.45, 2.75) is 39.2 Å². The van der Waals surface area contributed by atoms with Gasteiger partial charge in [0.25, 0.3) is 0 Å². The van der Waals surface area contributed by atoms with E-state index in [4.69, 9.17) is 16.7 Å². The molecule has 3 aliphatic heterocycles. The van der Waals surface area contributed by atoms with Crippen LogP contribution in [0.3, 0.4) is 0 Å². The SMILES string of the molecule is C=CC(=O)N1CC2(CC(n3nc(N4CCC5C(=O)N(C)CC5C4)c(-c4c(Cl)c(C)cc5[nH]ncc45)c3C)C2)C1. The fourth-order valence-electron chi connectivity index (χ4n) is 7.70. The van der Waals surface area contributed by atoms with Gasteiger partial charge in [-0.25, -0.2) is 0 Å². The summed E-state index contributed by atoms with van der Waals surface area (Å²) in [6, 6.07) is 2.32. The Labute approximate surface area is 232 Å². The maximum Gasteiger partial charge on any atom is 0.245 e. The number of nitrogens with zero attached hydrogens (tertiary/aromatic N) is 6. The van der Waals surface area contributed by atoms with Crippen molar-refractivity contribution in [2.24, 2.45) is 17.3 Å². The van der Waals surface area contributed by atoms with Crippen molar-refractivity contribution in [3.8, 4) is 11.1 Å². The highest BCUT2D eigenvalue weighted by molar-refractivity contribution is 6.36. The molecule has 2 aromatic heterocycles. The molecule has 5 heterocycles. The first kappa shape index (κ1) is 24.7. The molecule has 4 aliphatic rings. The Morgan fingerprint density at radius 2 is 2.00 bits per heavy atom. The topological polar surface area (TPSA) is 90.4 Å². The van der Waals surface area contributed by atoms with Gasteiger partial charge in [0, 0.05) is 79.2 Å². The lowest BCUT2D eigenvalue weighted by atomic mass is 9.60. The van der Waals surface area contributed by atoms with Gasteiger partial charge >= 0.3 is 0 Å². The monoisotopic (exact) mass is 547 g/mol. The maximum atomic E-state index is 12.7. The highest BCUT2D eigenvalue weighted by Crippen LogP contribution is 2.55. The van der Waals surface area contributed by atoms with Crippen LogP contribution >= 0.6 is 11.6 Å². The number of piperidine rings is 1. The van der Waals surface area contributed by atoms with Crippen molar-refractivity contribution in [3.05, 3.63) is 41.2 Å². The first-order valence-corrected chi connectivity index (χ1v) is 14.2. The molecule has 3 saturated heterocycles. The van der Waals surface area contributed by atoms with E-state index in [2.05, 4.69) is 33.3 Å². The zero-order chi connectivity index (χ0) is 27.2. The van der Waals surface area contributed by atoms with E-state index in [1.54, 1.807) is 0 Å². The molecule has 10 heteroatoms. The second kappa shape index (κ2) is 8.58. The fourth-order valence-corrected chi connectivity index (χ4v) is 7.95. The van der Waals surface area contributed by atoms with E-state index in [0.717, 1.165) is 96.1 Å². The number of carbonyl (C=O) groups excluding carboxylic acids is 2. The molecule has 0 bridgehead atoms. The molecular formula is C29H34ClN7O2. The number of nitrogens with one attached hydrogen (secondary N) is 1. The van der Waals surface area contributed by atoms with E-state index in [0.29, 0.717) is 5.92 Å². The number of aromatic nitrogens is 4. The van der Waals surface area contributed by atoms with Gasteiger partial charge in [-0.3, -0.25) is 19.4 Å². The van der Waals surface area contributed by atoms with E-state index < -0.39 is 0 Å². The summed E-state index contributed by atoms with van der Waals surface area (Å²) in [4.78, 5) is 30.8. The zero-order valence-electron chi connectivity index (χ0n) is 22.7. The quantitative estimate of drug-likeness (QED) is 0.499. The molecule has 1 N–H and O–H groups in total. The maximum absolute atomic E-state index is 12.7. The van der Waals surface area contributed by atoms with Crippen molar-refractivity contribution < 1.29 is 9.59 Å². The van der Waals surface area contributed by atoms with Gasteiger partial charge in [0.05, 0.1) is 22.8 Å². The molecule has 1 aliphatic carbocycles. The standard InChI is InChI=1S/C29H34ClN7O2/c1-5-23(38)36-14-29(15-36)9-19(10-29)37-17(3)24(25-21-11-31-32-22(21)8-16(2)26(25)30)27(33-37)35-7-6-20-18(13-35)12-34(4)28(20)39/h5,8,11,18-20H,1,6-7,9-10,12-15H2,2-4H3,(H,31,32). The number of halogens is 1. The molecule has 7 rings (SSSR count). The number of hydrogen-bond acceptors (Lipinski definition) is 5. The zero-order valence-corrected chi connectivity index (χ0v) is 23.5. The Balaban J connectivity index is 1.28. The third-order valence-electron chi connectivity index (χ3n) is 9.70. The average Bonchev–Trinajstić information content (AvgIpc) is 3.54. The highest BCUT2D eigenvalue weighted by atomic mass is 35.5. The van der Waals surface area contributed by atoms with E-state index in [-0.39, 0.29) is 29.2 Å². The number of anilines is 1. The first-order valence-electron chi connectivity index (χ1n) is 13.8. The van der Waals surface area contributed by atoms with Crippen LogP contribution in [0.4, 0.5) is 5.82 Å². The number of aromatic amines is 1. The average molecular weight is 548 g/mol. The summed E-state index contributed by atoms with van der Waals surface area (Å²) < 4.78 is 2.20. The van der Waals surface area contributed by atoms with Gasteiger partial charge in [0.2, 0.25) is 11.8 Å². The molecule has 3 aromatic rings. The van der Waals surface area contributed by atoms with Crippen molar-refractivity contribution in [3.63, 3.8) is 0 Å². The Morgan fingerprint density at radius 1 is 1.23 bits per heavy atom. The highest BCUT2D eigenvalue weighted by Gasteiger charge is 2.54. The van der Waals surface area contributed by atoms with Crippen LogP contribution in [0.2, 0.25) is 5.02 Å². The summed E-state index contributed by atoms with van der Waals surface area (Å²) >= 11 is 7.05. The number of carbonyl (C=O) groups is 2. The summed E-state index contributed by atoms with van der Waals surface area (Å²) in [5.41, 5.74) is 5.27. The van der Waals surface area contributed by atoms with Gasteiger partial charge < -0.3 is 14.7 Å². The summed E-state index contributed by atoms with van der Waals surface area (Å²) in [6.07, 6.45) is 6.09. The molecule has 2 unspecified atom stereocenters. The molecule has 0 radical (unpaired) electrons. The Kier molecular flexibility index (Phi) is 5.43. The minimum absolute atomic E-state index is 0.0153. The molecule has 1 aromatic carbocycles. The van der Waals surface area contributed by atoms with Crippen LogP contribution in [0.1, 0.15) is 36.6 Å². The van der Waals surface area contributed by atoms with Gasteiger partial charge in [-0.2, -0.15) is 10.2 Å². The number of H-pyrrole nitrogens is 1. The van der Waals surface area contributed by atoms with E-state index >= 15 is 0 Å². The number of amides is 2. The van der Waals surface area contributed by atoms with Crippen LogP contribution in [0, 0.1) is 31.1 Å². The summed E-state index contributed by atoms with van der Waals surface area (Å²) in [5.74, 6) is 1.63. The van der Waals surface area contributed by atoms with Gasteiger partial charge in [-0.15, -0.1) is 0 Å². The van der Waals surface area contributed by atoms with Crippen LogP contribution in [-0.4, -0.2) is 81.4 Å². The van der Waals surface area contributed by atoms with E-state index in [9.17, 15) is 9.59 Å². The van der Waals surface area contributed by atoms with Gasteiger partial charge in [-0.1, -0.05) is 18.2 Å². The third-order valence-corrected chi connectivity index (χ3v) is 10.2. The molecule has 2 amide bonds. The van der Waals surface area contributed by atoms with Crippen molar-refractivity contribution in [1.29, 1.82) is 0 Å². The molecule has 1 spiro atoms. The normalized spacial score (nSPS) is 24.3. The molecule has 1 saturated carbocycles. The Bertz CT molecular complexity index is 1530. The Hall–Kier alpha value is -3.33. The largest absolute Gasteiger partial charge is 0.354 e. The summed E-state index contributed by atoms with van der Waals surface area (Å²) in [5, 5.41) is 14.5. The minimum atomic E-state index is 0.0153. The molecule has 39 heavy (non-hydrogen) atoms. The van der Waals surface area contributed by atoms with Crippen LogP contribution in [0.5, 0.6) is 0 Å². The van der Waals surface area contributed by atoms with Crippen LogP contribution in [-0.2, 0) is 9.59 Å². The predicted octanol–water partition coefficient (Wildman–Crippen LogP) is 3.96. The van der Waals surface area contributed by atoms with Crippen molar-refractivity contribution in [1.82, 2.24) is 29.8 Å². The summed E-state index contributed by atoms with van der Waals surface area (Å²) in [7, 11) is 1.91. The van der Waals surface area contributed by atoms with Gasteiger partial charge in [-0.05, 0) is 50.8 Å². The van der Waals surface area contributed by atoms with E-state index in [1.807, 2.05) is 36.0 Å². The Morgan fingerprint density at radius 3 is 2.74 bits per heavy atom. The van der Waals surface area contributed by atoms with Gasteiger partial charge in [0.1, 0.15) is 0 Å². The van der Waals surface area contributed by atoms with Crippen molar-refractivity contribution >= 4 is 40.1 Å². The van der Waals surface area contributed by atoms with Crippen molar-refractivity contribution in [2.75, 3.05) is 44.7 Å². The lowest BCUT2D eigenvalue weighted by Crippen LogP contribution is -2.63. The first-order chi connectivity index (χ1) is 18.7. The molecule has 204 valence electrons. The van der Waals surface area contributed by atoms with Crippen LogP contribution in [0.15, 0.2) is 24.9 Å². The predicted molar refractivity (Wildman–Crippen MR) is 151 cm³/mol. The number of aryl methyl sites for hydroxylation is 1. The lowest BCUT2D eigenvalue weighted by Gasteiger charge is -2.58. The number of fused-ring (bicyclic) bond motifs is 2. The number of rotatable bonds is 4. The fraction of sp³-hybridized carbons (Fsp3) is 0.517. The van der Waals surface area contributed by atoms with Crippen LogP contribution < -0.4 is 4.90 Å². The summed E-state index contributed by atoms with van der Waals surface area (Å²) in [6.45, 7) is 11.8. The number of benzene rings is 1. The van der Waals surface area contributed by atoms with Crippen LogP contribution in [0.25, 0.3) is 22.0 Å². The molecule has 2 atom stereocenters. The molecule has 9 nitrogen and oxygen atoms in total. The molecule has 4 fully saturated rings. The minimum Gasteiger partial charge on any atom is -0.354 e. The molecular weight excluding hydrogens is 514 g/mol. The lowest BCUT2D eigenvalue weighted by molar-refractivity contribution is -0.149. The number of likely N-dealkylation sites (tertiary alicyclic amines) is 2. The second-order valence-corrected chi connectivity index (χ2v) is 12.6. The number of hydrogen-bond donors (Lipinski definition) is 1. The van der Waals surface area contributed by atoms with Gasteiger partial charge in [0.15, 0.2) is 5.82 Å². The third kappa shape index (κ3) is 3.58. The van der Waals surface area contributed by atoms with E-state index in [1.165, 1.54) is 6.08 Å².